The number of aromatic nitrogens is 3. The van der Waals surface area contributed by atoms with Crippen LogP contribution in [0.2, 0.25) is 0 Å². The quantitative estimate of drug-likeness (QED) is 0.531. The highest BCUT2D eigenvalue weighted by molar-refractivity contribution is 5.36. The molecule has 2 rings (SSSR count). The average Bonchev–Trinajstić information content (AvgIpc) is 2.34. The first-order valence-corrected chi connectivity index (χ1v) is 3.06. The smallest absolute Gasteiger partial charge is 0.161 e. The molecule has 2 aromatic heterocycles. The summed E-state index contributed by atoms with van der Waals surface area (Å²) in [7, 11) is 0. The van der Waals surface area contributed by atoms with Gasteiger partial charge in [-0.2, -0.15) is 0 Å². The van der Waals surface area contributed by atoms with Gasteiger partial charge in [0.05, 0.1) is 6.20 Å². The van der Waals surface area contributed by atoms with Crippen molar-refractivity contribution in [2.45, 2.75) is 6.92 Å². The van der Waals surface area contributed by atoms with Crippen LogP contribution in [0.5, 0.6) is 0 Å². The molecule has 1 radical (unpaired) electrons. The largest absolute Gasteiger partial charge is 0.278 e. The number of fused-ring (bicyclic) bond motifs is 1. The summed E-state index contributed by atoms with van der Waals surface area (Å²) < 4.78 is 1.82. The number of nitrogens with zero attached hydrogens (tertiary/aromatic N) is 3. The lowest BCUT2D eigenvalue weighted by Gasteiger charge is -1.88. The number of hydrogen-bond acceptors (Lipinski definition) is 2. The van der Waals surface area contributed by atoms with Gasteiger partial charge in [-0.1, -0.05) is 6.07 Å². The lowest BCUT2D eigenvalue weighted by Crippen LogP contribution is -1.85. The molecule has 2 heterocycles. The van der Waals surface area contributed by atoms with Crippen LogP contribution in [0.1, 0.15) is 5.82 Å². The van der Waals surface area contributed by atoms with Crippen molar-refractivity contribution < 1.29 is 0 Å². The van der Waals surface area contributed by atoms with E-state index >= 15 is 0 Å². The third kappa shape index (κ3) is 0.603. The molecule has 0 aromatic carbocycles. The molecule has 3 heteroatoms. The SMILES string of the molecule is Cc1nnc2ccc[c]n12. The van der Waals surface area contributed by atoms with Crippen molar-refractivity contribution >= 4 is 5.65 Å². The van der Waals surface area contributed by atoms with Gasteiger partial charge in [-0.15, -0.1) is 10.2 Å². The summed E-state index contributed by atoms with van der Waals surface area (Å²) in [6, 6.07) is 5.63. The van der Waals surface area contributed by atoms with Crippen molar-refractivity contribution in [3.05, 3.63) is 30.2 Å². The van der Waals surface area contributed by atoms with Gasteiger partial charge < -0.3 is 0 Å². The normalized spacial score (nSPS) is 10.5. The Morgan fingerprint density at radius 1 is 1.50 bits per heavy atom. The molecular weight excluding hydrogens is 126 g/mol. The van der Waals surface area contributed by atoms with E-state index < -0.39 is 0 Å². The minimum atomic E-state index is 0.847. The zero-order valence-corrected chi connectivity index (χ0v) is 5.57. The van der Waals surface area contributed by atoms with E-state index in [-0.39, 0.29) is 0 Å². The second kappa shape index (κ2) is 1.80. The molecule has 0 aliphatic carbocycles. The van der Waals surface area contributed by atoms with Crippen molar-refractivity contribution in [1.29, 1.82) is 0 Å². The highest BCUT2D eigenvalue weighted by Gasteiger charge is 1.95. The van der Waals surface area contributed by atoms with Crippen LogP contribution < -0.4 is 0 Å². The topological polar surface area (TPSA) is 30.2 Å². The predicted molar refractivity (Wildman–Crippen MR) is 36.6 cm³/mol. The van der Waals surface area contributed by atoms with Crippen LogP contribution >= 0.6 is 0 Å². The summed E-state index contributed by atoms with van der Waals surface area (Å²) in [6.45, 7) is 1.90. The van der Waals surface area contributed by atoms with E-state index in [1.165, 1.54) is 0 Å². The molecule has 3 nitrogen and oxygen atoms in total. The molecule has 0 N–H and O–H groups in total. The van der Waals surface area contributed by atoms with E-state index in [1.54, 1.807) is 0 Å². The van der Waals surface area contributed by atoms with E-state index in [0.29, 0.717) is 0 Å². The Morgan fingerprint density at radius 3 is 3.20 bits per heavy atom. The third-order valence-electron chi connectivity index (χ3n) is 1.40. The Hall–Kier alpha value is -1.38. The van der Waals surface area contributed by atoms with Crippen LogP contribution in [0, 0.1) is 13.1 Å². The third-order valence-corrected chi connectivity index (χ3v) is 1.40. The van der Waals surface area contributed by atoms with Crippen molar-refractivity contribution in [3.8, 4) is 0 Å². The summed E-state index contributed by atoms with van der Waals surface area (Å²) in [5.74, 6) is 0.871. The maximum absolute atomic E-state index is 3.90. The van der Waals surface area contributed by atoms with E-state index in [9.17, 15) is 0 Å². The Balaban J connectivity index is 2.93. The van der Waals surface area contributed by atoms with E-state index in [0.717, 1.165) is 11.5 Å². The number of rotatable bonds is 0. The van der Waals surface area contributed by atoms with Gasteiger partial charge in [-0.3, -0.25) is 4.40 Å². The molecule has 0 aliphatic heterocycles. The number of pyridine rings is 1. The Labute approximate surface area is 58.3 Å². The highest BCUT2D eigenvalue weighted by Crippen LogP contribution is 1.99. The lowest BCUT2D eigenvalue weighted by atomic mass is 10.5. The Bertz CT molecular complexity index is 350. The number of hydrogen-bond donors (Lipinski definition) is 0. The molecular formula is C7H6N3. The molecule has 0 fully saturated rings. The summed E-state index contributed by atoms with van der Waals surface area (Å²) >= 11 is 0. The van der Waals surface area contributed by atoms with Crippen LogP contribution in [-0.2, 0) is 0 Å². The molecule has 0 unspecified atom stereocenters. The molecule has 0 spiro atoms. The first-order valence-electron chi connectivity index (χ1n) is 3.06. The fraction of sp³-hybridized carbons (Fsp3) is 0.143. The Morgan fingerprint density at radius 2 is 2.40 bits per heavy atom. The van der Waals surface area contributed by atoms with Gasteiger partial charge in [0.2, 0.25) is 0 Å². The van der Waals surface area contributed by atoms with Gasteiger partial charge in [-0.05, 0) is 19.1 Å². The molecule has 0 bridgehead atoms. The molecule has 0 saturated carbocycles. The minimum Gasteiger partial charge on any atom is -0.278 e. The average molecular weight is 132 g/mol. The van der Waals surface area contributed by atoms with E-state index in [2.05, 4.69) is 16.4 Å². The zero-order valence-electron chi connectivity index (χ0n) is 5.57. The summed E-state index contributed by atoms with van der Waals surface area (Å²) in [5.41, 5.74) is 0.847. The highest BCUT2D eigenvalue weighted by atomic mass is 15.2. The summed E-state index contributed by atoms with van der Waals surface area (Å²) in [4.78, 5) is 0. The molecule has 0 saturated heterocycles. The van der Waals surface area contributed by atoms with Gasteiger partial charge in [0.1, 0.15) is 5.82 Å². The van der Waals surface area contributed by atoms with Crippen LogP contribution in [0.3, 0.4) is 0 Å². The molecule has 0 atom stereocenters. The van der Waals surface area contributed by atoms with Gasteiger partial charge in [-0.25, -0.2) is 0 Å². The van der Waals surface area contributed by atoms with Gasteiger partial charge in [0, 0.05) is 0 Å². The first-order chi connectivity index (χ1) is 4.88. The van der Waals surface area contributed by atoms with Crippen LogP contribution in [-0.4, -0.2) is 14.6 Å². The van der Waals surface area contributed by atoms with E-state index in [4.69, 9.17) is 0 Å². The molecule has 49 valence electrons. The lowest BCUT2D eigenvalue weighted by molar-refractivity contribution is 1.00. The fourth-order valence-corrected chi connectivity index (χ4v) is 0.898. The standard InChI is InChI=1S/C7H6N3/c1-6-8-9-7-4-2-3-5-10(6)7/h2-4H,1H3. The number of aryl methyl sites for hydroxylation is 1. The zero-order chi connectivity index (χ0) is 6.97. The van der Waals surface area contributed by atoms with Crippen LogP contribution in [0.4, 0.5) is 0 Å². The van der Waals surface area contributed by atoms with Crippen molar-refractivity contribution in [2.75, 3.05) is 0 Å². The molecule has 2 aromatic rings. The van der Waals surface area contributed by atoms with Crippen molar-refractivity contribution in [3.63, 3.8) is 0 Å². The predicted octanol–water partition coefficient (Wildman–Crippen LogP) is 0.838. The van der Waals surface area contributed by atoms with E-state index in [1.807, 2.05) is 29.5 Å². The minimum absolute atomic E-state index is 0.847. The van der Waals surface area contributed by atoms with Gasteiger partial charge in [0.25, 0.3) is 0 Å². The monoisotopic (exact) mass is 132 g/mol. The first kappa shape index (κ1) is 5.41. The maximum Gasteiger partial charge on any atom is 0.161 e. The molecule has 0 amide bonds. The fourth-order valence-electron chi connectivity index (χ4n) is 0.898. The maximum atomic E-state index is 3.90. The molecule has 0 aliphatic rings. The Kier molecular flexibility index (Phi) is 0.974. The van der Waals surface area contributed by atoms with Gasteiger partial charge >= 0.3 is 0 Å². The van der Waals surface area contributed by atoms with Crippen molar-refractivity contribution in [2.24, 2.45) is 0 Å². The second-order valence-electron chi connectivity index (χ2n) is 2.10. The summed E-state index contributed by atoms with van der Waals surface area (Å²) in [6.07, 6.45) is 2.99. The van der Waals surface area contributed by atoms with Gasteiger partial charge in [0.15, 0.2) is 5.65 Å². The van der Waals surface area contributed by atoms with Crippen LogP contribution in [0.25, 0.3) is 5.65 Å². The second-order valence-corrected chi connectivity index (χ2v) is 2.10. The van der Waals surface area contributed by atoms with Crippen LogP contribution in [0.15, 0.2) is 18.2 Å². The molecule has 10 heavy (non-hydrogen) atoms. The summed E-state index contributed by atoms with van der Waals surface area (Å²) in [5, 5.41) is 7.78. The van der Waals surface area contributed by atoms with Crippen molar-refractivity contribution in [1.82, 2.24) is 14.6 Å².